The first kappa shape index (κ1) is 16.7. The first-order valence-electron chi connectivity index (χ1n) is 4.62. The normalized spacial score (nSPS) is 33.3. The number of ether oxygens (including phenoxy) is 1. The molecule has 0 bridgehead atoms. The van der Waals surface area contributed by atoms with E-state index in [1.165, 1.54) is 0 Å². The van der Waals surface area contributed by atoms with Crippen LogP contribution in [0.3, 0.4) is 0 Å². The molecule has 0 saturated carbocycles. The topological polar surface area (TPSA) is 177 Å². The summed E-state index contributed by atoms with van der Waals surface area (Å²) in [5.74, 6) is 0. The van der Waals surface area contributed by atoms with Crippen LogP contribution in [0.25, 0.3) is 0 Å². The molecule has 113 valence electrons. The van der Waals surface area contributed by atoms with Crippen molar-refractivity contribution in [1.29, 1.82) is 0 Å². The van der Waals surface area contributed by atoms with Crippen LogP contribution >= 0.6 is 0 Å². The second-order valence-corrected chi connectivity index (χ2v) is 5.63. The smallest absolute Gasteiger partial charge is 0.387 e. The van der Waals surface area contributed by atoms with E-state index in [-0.39, 0.29) is 0 Å². The molecule has 0 aromatic rings. The molecule has 1 aliphatic rings. The highest BCUT2D eigenvalue weighted by Gasteiger charge is 2.43. The summed E-state index contributed by atoms with van der Waals surface area (Å²) in [6.45, 7) is -0.213. The Bertz CT molecular complexity index is 495. The minimum atomic E-state index is -4.96. The van der Waals surface area contributed by atoms with Crippen LogP contribution in [0.15, 0.2) is 0 Å². The molecule has 0 spiro atoms. The van der Waals surface area contributed by atoms with Gasteiger partial charge in [-0.3, -0.25) is 9.11 Å². The number of aliphatic hydroxyl groups excluding tert-OH is 2. The van der Waals surface area contributed by atoms with Gasteiger partial charge < -0.3 is 14.9 Å². The van der Waals surface area contributed by atoms with Gasteiger partial charge in [0.2, 0.25) is 0 Å². The highest BCUT2D eigenvalue weighted by molar-refractivity contribution is 7.81. The van der Waals surface area contributed by atoms with Crippen LogP contribution in [0, 0.1) is 6.61 Å². The largest absolute Gasteiger partial charge is 0.397 e. The van der Waals surface area contributed by atoms with E-state index in [2.05, 4.69) is 13.1 Å². The van der Waals surface area contributed by atoms with Crippen LogP contribution < -0.4 is 0 Å². The fourth-order valence-corrected chi connectivity index (χ4v) is 2.11. The van der Waals surface area contributed by atoms with Crippen molar-refractivity contribution in [2.24, 2.45) is 0 Å². The highest BCUT2D eigenvalue weighted by atomic mass is 32.3. The van der Waals surface area contributed by atoms with Gasteiger partial charge in [-0.2, -0.15) is 16.8 Å². The molecule has 1 rings (SSSR count). The Labute approximate surface area is 108 Å². The second kappa shape index (κ2) is 5.94. The number of aliphatic hydroxyl groups is 2. The minimum absolute atomic E-state index is 0.653. The van der Waals surface area contributed by atoms with Crippen molar-refractivity contribution in [3.05, 3.63) is 6.61 Å². The van der Waals surface area contributed by atoms with E-state index < -0.39 is 51.8 Å². The number of rotatable bonds is 5. The Morgan fingerprint density at radius 2 is 1.68 bits per heavy atom. The van der Waals surface area contributed by atoms with Gasteiger partial charge in [0.1, 0.15) is 31.0 Å². The number of hydrogen-bond donors (Lipinski definition) is 4. The maximum atomic E-state index is 10.5. The van der Waals surface area contributed by atoms with Gasteiger partial charge in [-0.1, -0.05) is 0 Å². The lowest BCUT2D eigenvalue weighted by atomic mass is 10.0. The summed E-state index contributed by atoms with van der Waals surface area (Å²) in [5.41, 5.74) is 0. The van der Waals surface area contributed by atoms with Crippen molar-refractivity contribution in [2.75, 3.05) is 6.61 Å². The van der Waals surface area contributed by atoms with E-state index in [9.17, 15) is 27.0 Å². The van der Waals surface area contributed by atoms with Crippen molar-refractivity contribution in [3.8, 4) is 0 Å². The molecule has 0 aromatic carbocycles. The lowest BCUT2D eigenvalue weighted by Gasteiger charge is -2.35. The molecule has 19 heavy (non-hydrogen) atoms. The zero-order valence-corrected chi connectivity index (χ0v) is 10.7. The van der Waals surface area contributed by atoms with Gasteiger partial charge in [0.15, 0.2) is 0 Å². The SMILES string of the molecule is O=S(=O)(O)OC[C@H]1O[CH][C@H](O)[C@@H](OS(=O)(=O)O)[C@H]1O. The molecule has 4 atom stereocenters. The molecule has 1 aliphatic heterocycles. The Hall–Kier alpha value is -0.380. The third-order valence-corrected chi connectivity index (χ3v) is 2.96. The van der Waals surface area contributed by atoms with Crippen LogP contribution in [0.4, 0.5) is 0 Å². The summed E-state index contributed by atoms with van der Waals surface area (Å²) in [5, 5.41) is 18.9. The van der Waals surface area contributed by atoms with Gasteiger partial charge in [-0.15, -0.1) is 0 Å². The van der Waals surface area contributed by atoms with E-state index >= 15 is 0 Å². The second-order valence-electron chi connectivity index (χ2n) is 3.49. The third-order valence-electron chi connectivity index (χ3n) is 2.06. The lowest BCUT2D eigenvalue weighted by molar-refractivity contribution is -0.159. The summed E-state index contributed by atoms with van der Waals surface area (Å²) in [6.07, 6.45) is -6.81. The molecule has 1 fully saturated rings. The molecular weight excluding hydrogens is 312 g/mol. The predicted octanol–water partition coefficient (Wildman–Crippen LogP) is -2.72. The minimum Gasteiger partial charge on any atom is -0.387 e. The van der Waals surface area contributed by atoms with Crippen molar-refractivity contribution < 1.29 is 49.3 Å². The summed E-state index contributed by atoms with van der Waals surface area (Å²) in [7, 11) is -9.75. The van der Waals surface area contributed by atoms with Gasteiger partial charge in [0, 0.05) is 0 Å². The quantitative estimate of drug-likeness (QED) is 0.386. The van der Waals surface area contributed by atoms with Crippen LogP contribution in [-0.4, -0.2) is 67.2 Å². The molecular formula is C6H11O11S2. The monoisotopic (exact) mass is 323 g/mol. The average Bonchev–Trinajstić information content (AvgIpc) is 2.20. The van der Waals surface area contributed by atoms with Gasteiger partial charge in [-0.05, 0) is 0 Å². The predicted molar refractivity (Wildman–Crippen MR) is 55.1 cm³/mol. The van der Waals surface area contributed by atoms with Gasteiger partial charge in [0.25, 0.3) is 0 Å². The summed E-state index contributed by atoms with van der Waals surface area (Å²) < 4.78 is 71.0. The van der Waals surface area contributed by atoms with E-state index in [0.29, 0.717) is 6.61 Å². The van der Waals surface area contributed by atoms with Gasteiger partial charge >= 0.3 is 20.8 Å². The highest BCUT2D eigenvalue weighted by Crippen LogP contribution is 2.22. The third kappa shape index (κ3) is 5.64. The lowest BCUT2D eigenvalue weighted by Crippen LogP contribution is -2.54. The fraction of sp³-hybridized carbons (Fsp3) is 0.833. The van der Waals surface area contributed by atoms with E-state index in [4.69, 9.17) is 9.11 Å². The Balaban J connectivity index is 2.72. The molecule has 13 heteroatoms. The first-order valence-corrected chi connectivity index (χ1v) is 7.35. The summed E-state index contributed by atoms with van der Waals surface area (Å²) in [6, 6.07) is 0. The van der Waals surface area contributed by atoms with E-state index in [0.717, 1.165) is 0 Å². The van der Waals surface area contributed by atoms with Crippen LogP contribution in [0.1, 0.15) is 0 Å². The molecule has 0 aliphatic carbocycles. The van der Waals surface area contributed by atoms with E-state index in [1.807, 2.05) is 0 Å². The zero-order chi connectivity index (χ0) is 14.8. The Morgan fingerprint density at radius 3 is 2.16 bits per heavy atom. The zero-order valence-electron chi connectivity index (χ0n) is 9.06. The maximum absolute atomic E-state index is 10.5. The fourth-order valence-electron chi connectivity index (χ4n) is 1.30. The number of hydrogen-bond acceptors (Lipinski definition) is 9. The van der Waals surface area contributed by atoms with Gasteiger partial charge in [-0.25, -0.2) is 8.37 Å². The first-order chi connectivity index (χ1) is 8.49. The van der Waals surface area contributed by atoms with Crippen LogP contribution in [0.5, 0.6) is 0 Å². The van der Waals surface area contributed by atoms with Crippen molar-refractivity contribution in [2.45, 2.75) is 24.4 Å². The van der Waals surface area contributed by atoms with E-state index in [1.54, 1.807) is 0 Å². The molecule has 0 amide bonds. The molecule has 4 N–H and O–H groups in total. The summed E-state index contributed by atoms with van der Waals surface area (Å²) >= 11 is 0. The van der Waals surface area contributed by atoms with Crippen molar-refractivity contribution >= 4 is 20.8 Å². The van der Waals surface area contributed by atoms with Crippen molar-refractivity contribution in [1.82, 2.24) is 0 Å². The van der Waals surface area contributed by atoms with Crippen LogP contribution in [0.2, 0.25) is 0 Å². The Kier molecular flexibility index (Phi) is 5.21. The average molecular weight is 323 g/mol. The Morgan fingerprint density at radius 1 is 1.11 bits per heavy atom. The van der Waals surface area contributed by atoms with Crippen molar-refractivity contribution in [3.63, 3.8) is 0 Å². The molecule has 0 aromatic heterocycles. The van der Waals surface area contributed by atoms with Gasteiger partial charge in [0.05, 0.1) is 6.61 Å². The van der Waals surface area contributed by atoms with Crippen LogP contribution in [-0.2, 0) is 33.9 Å². The standard InChI is InChI=1S/C6H11O11S2/c7-3-1-15-4(2-16-18(9,10)11)5(8)6(3)17-19(12,13)14/h1,3-8H,2H2,(H,9,10,11)(H,12,13,14)/t3-,4+,5-,6+/m0/s1. The molecule has 11 nitrogen and oxygen atoms in total. The summed E-state index contributed by atoms with van der Waals surface area (Å²) in [4.78, 5) is 0. The molecule has 0 unspecified atom stereocenters. The molecule has 1 radical (unpaired) electrons. The molecule has 1 heterocycles. The maximum Gasteiger partial charge on any atom is 0.397 e. The molecule has 1 saturated heterocycles.